The van der Waals surface area contributed by atoms with E-state index in [1.807, 2.05) is 0 Å². The molecule has 0 unspecified atom stereocenters. The summed E-state index contributed by atoms with van der Waals surface area (Å²) in [5.74, 6) is 0.258. The fraction of sp³-hybridized carbons (Fsp3) is 0.550. The Bertz CT molecular complexity index is 720. The normalized spacial score (nSPS) is 11.0. The van der Waals surface area contributed by atoms with Gasteiger partial charge in [0.05, 0.1) is 13.7 Å². The Morgan fingerprint density at radius 3 is 2.36 bits per heavy atom. The molecule has 1 aromatic heterocycles. The summed E-state index contributed by atoms with van der Waals surface area (Å²) in [7, 11) is 1.39. The van der Waals surface area contributed by atoms with Gasteiger partial charge in [0.2, 0.25) is 5.75 Å². The molecule has 25 heavy (non-hydrogen) atoms. The van der Waals surface area contributed by atoms with Gasteiger partial charge in [-0.25, -0.2) is 4.79 Å². The first-order valence-corrected chi connectivity index (χ1v) is 9.14. The number of benzene rings is 1. The van der Waals surface area contributed by atoms with Crippen LogP contribution in [-0.2, 0) is 0 Å². The number of methoxy groups -OCH3 is 1. The fourth-order valence-electron chi connectivity index (χ4n) is 2.91. The first-order valence-electron chi connectivity index (χ1n) is 9.14. The van der Waals surface area contributed by atoms with Crippen LogP contribution in [0.3, 0.4) is 0 Å². The Kier molecular flexibility index (Phi) is 7.64. The summed E-state index contributed by atoms with van der Waals surface area (Å²) in [5, 5.41) is 10.5. The quantitative estimate of drug-likeness (QED) is 0.456. The number of phenolic OH excluding ortho intramolecular Hbond substituents is 1. The van der Waals surface area contributed by atoms with Gasteiger partial charge in [0.15, 0.2) is 5.75 Å². The van der Waals surface area contributed by atoms with Gasteiger partial charge in [-0.3, -0.25) is 0 Å². The zero-order valence-electron chi connectivity index (χ0n) is 15.2. The van der Waals surface area contributed by atoms with E-state index in [0.717, 1.165) is 12.8 Å². The predicted molar refractivity (Wildman–Crippen MR) is 98.8 cm³/mol. The maximum atomic E-state index is 12.0. The predicted octanol–water partition coefficient (Wildman–Crippen LogP) is 5.03. The summed E-state index contributed by atoms with van der Waals surface area (Å²) in [6.07, 6.45) is 9.61. The van der Waals surface area contributed by atoms with Crippen LogP contribution in [0, 0.1) is 0 Å². The van der Waals surface area contributed by atoms with Gasteiger partial charge in [-0.2, -0.15) is 0 Å². The number of fused-ring (bicyclic) bond motifs is 1. The van der Waals surface area contributed by atoms with Gasteiger partial charge < -0.3 is 19.0 Å². The lowest BCUT2D eigenvalue weighted by molar-refractivity contribution is 0.279. The molecule has 1 N–H and O–H groups in total. The second kappa shape index (κ2) is 9.97. The molecular formula is C20H28O5. The average Bonchev–Trinajstić information content (AvgIpc) is 2.60. The SMILES string of the molecule is CCCCCCCCCCOc1c(OC)c(=O)oc2cccc(O)c12. The van der Waals surface area contributed by atoms with E-state index in [2.05, 4.69) is 6.92 Å². The van der Waals surface area contributed by atoms with Crippen LogP contribution in [-0.4, -0.2) is 18.8 Å². The lowest BCUT2D eigenvalue weighted by Crippen LogP contribution is -2.08. The van der Waals surface area contributed by atoms with Crippen molar-refractivity contribution in [2.75, 3.05) is 13.7 Å². The molecule has 0 fully saturated rings. The molecule has 0 radical (unpaired) electrons. The molecule has 0 spiro atoms. The van der Waals surface area contributed by atoms with Crippen molar-refractivity contribution in [3.63, 3.8) is 0 Å². The molecule has 1 aromatic carbocycles. The molecular weight excluding hydrogens is 320 g/mol. The Morgan fingerprint density at radius 2 is 1.68 bits per heavy atom. The van der Waals surface area contributed by atoms with Crippen molar-refractivity contribution < 1.29 is 19.0 Å². The van der Waals surface area contributed by atoms with E-state index in [0.29, 0.717) is 12.0 Å². The molecule has 0 aliphatic heterocycles. The molecule has 0 aliphatic rings. The largest absolute Gasteiger partial charge is 0.507 e. The molecule has 0 saturated heterocycles. The number of unbranched alkanes of at least 4 members (excludes halogenated alkanes) is 7. The van der Waals surface area contributed by atoms with Crippen molar-refractivity contribution in [3.05, 3.63) is 28.6 Å². The zero-order chi connectivity index (χ0) is 18.1. The Labute approximate surface area is 148 Å². The van der Waals surface area contributed by atoms with Crippen molar-refractivity contribution in [1.29, 1.82) is 0 Å². The number of ether oxygens (including phenoxy) is 2. The Morgan fingerprint density at radius 1 is 1.00 bits per heavy atom. The van der Waals surface area contributed by atoms with Crippen LogP contribution in [0.1, 0.15) is 58.3 Å². The second-order valence-corrected chi connectivity index (χ2v) is 6.23. The molecule has 138 valence electrons. The number of hydrogen-bond acceptors (Lipinski definition) is 5. The van der Waals surface area contributed by atoms with E-state index >= 15 is 0 Å². The molecule has 2 rings (SSSR count). The number of phenols is 1. The minimum Gasteiger partial charge on any atom is -0.507 e. The van der Waals surface area contributed by atoms with Crippen LogP contribution in [0.25, 0.3) is 11.0 Å². The third-order valence-electron chi connectivity index (χ3n) is 4.27. The lowest BCUT2D eigenvalue weighted by Gasteiger charge is -2.12. The molecule has 0 saturated carbocycles. The van der Waals surface area contributed by atoms with Crippen LogP contribution in [0.4, 0.5) is 0 Å². The molecule has 5 nitrogen and oxygen atoms in total. The average molecular weight is 348 g/mol. The molecule has 0 bridgehead atoms. The van der Waals surface area contributed by atoms with Crippen molar-refractivity contribution in [2.24, 2.45) is 0 Å². The van der Waals surface area contributed by atoms with E-state index in [9.17, 15) is 9.90 Å². The van der Waals surface area contributed by atoms with Gasteiger partial charge in [-0.05, 0) is 18.6 Å². The third-order valence-corrected chi connectivity index (χ3v) is 4.27. The van der Waals surface area contributed by atoms with Crippen molar-refractivity contribution in [1.82, 2.24) is 0 Å². The summed E-state index contributed by atoms with van der Waals surface area (Å²) in [5.41, 5.74) is -0.316. The van der Waals surface area contributed by atoms with E-state index in [-0.39, 0.29) is 22.8 Å². The van der Waals surface area contributed by atoms with E-state index in [1.54, 1.807) is 12.1 Å². The third kappa shape index (κ3) is 5.15. The minimum atomic E-state index is -0.605. The molecule has 2 aromatic rings. The van der Waals surface area contributed by atoms with Gasteiger partial charge in [-0.1, -0.05) is 57.9 Å². The first-order chi connectivity index (χ1) is 12.2. The van der Waals surface area contributed by atoms with Crippen LogP contribution >= 0.6 is 0 Å². The molecule has 0 atom stereocenters. The summed E-state index contributed by atoms with van der Waals surface area (Å²) in [6, 6.07) is 4.78. The monoisotopic (exact) mass is 348 g/mol. The number of rotatable bonds is 11. The van der Waals surface area contributed by atoms with Crippen LogP contribution < -0.4 is 15.1 Å². The minimum absolute atomic E-state index is 0.00507. The van der Waals surface area contributed by atoms with Gasteiger partial charge >= 0.3 is 5.63 Å². The highest BCUT2D eigenvalue weighted by Gasteiger charge is 2.19. The van der Waals surface area contributed by atoms with Gasteiger partial charge in [0.25, 0.3) is 0 Å². The summed E-state index contributed by atoms with van der Waals surface area (Å²) >= 11 is 0. The fourth-order valence-corrected chi connectivity index (χ4v) is 2.91. The topological polar surface area (TPSA) is 68.9 Å². The van der Waals surface area contributed by atoms with Gasteiger partial charge in [0.1, 0.15) is 16.7 Å². The van der Waals surface area contributed by atoms with Crippen molar-refractivity contribution in [3.8, 4) is 17.2 Å². The number of aromatic hydroxyl groups is 1. The van der Waals surface area contributed by atoms with Gasteiger partial charge in [-0.15, -0.1) is 0 Å². The highest BCUT2D eigenvalue weighted by molar-refractivity contribution is 5.91. The maximum Gasteiger partial charge on any atom is 0.383 e. The molecule has 0 amide bonds. The Balaban J connectivity index is 1.95. The molecule has 1 heterocycles. The van der Waals surface area contributed by atoms with Crippen LogP contribution in [0.5, 0.6) is 17.2 Å². The van der Waals surface area contributed by atoms with Crippen LogP contribution in [0.15, 0.2) is 27.4 Å². The van der Waals surface area contributed by atoms with E-state index in [4.69, 9.17) is 13.9 Å². The zero-order valence-corrected chi connectivity index (χ0v) is 15.2. The van der Waals surface area contributed by atoms with Crippen LogP contribution in [0.2, 0.25) is 0 Å². The maximum absolute atomic E-state index is 12.0. The Hall–Kier alpha value is -2.17. The van der Waals surface area contributed by atoms with Gasteiger partial charge in [0, 0.05) is 0 Å². The number of hydrogen-bond donors (Lipinski definition) is 1. The van der Waals surface area contributed by atoms with Crippen molar-refractivity contribution in [2.45, 2.75) is 58.3 Å². The van der Waals surface area contributed by atoms with E-state index in [1.165, 1.54) is 51.7 Å². The second-order valence-electron chi connectivity index (χ2n) is 6.23. The summed E-state index contributed by atoms with van der Waals surface area (Å²) < 4.78 is 16.1. The van der Waals surface area contributed by atoms with Crippen molar-refractivity contribution >= 4 is 11.0 Å². The first kappa shape index (κ1) is 19.2. The molecule has 0 aliphatic carbocycles. The smallest absolute Gasteiger partial charge is 0.383 e. The standard InChI is InChI=1S/C20H28O5/c1-3-4-5-6-7-8-9-10-14-24-18-17-15(21)12-11-13-16(17)25-20(22)19(18)23-2/h11-13,21H,3-10,14H2,1-2H3. The lowest BCUT2D eigenvalue weighted by atomic mass is 10.1. The summed E-state index contributed by atoms with van der Waals surface area (Å²) in [6.45, 7) is 2.69. The highest BCUT2D eigenvalue weighted by Crippen LogP contribution is 2.38. The molecule has 5 heteroatoms. The van der Waals surface area contributed by atoms with E-state index < -0.39 is 5.63 Å². The summed E-state index contributed by atoms with van der Waals surface area (Å²) in [4.78, 5) is 12.0. The highest BCUT2D eigenvalue weighted by atomic mass is 16.5.